The van der Waals surface area contributed by atoms with Gasteiger partial charge in [-0.25, -0.2) is 23.7 Å². The zero-order valence-corrected chi connectivity index (χ0v) is 17.9. The van der Waals surface area contributed by atoms with Gasteiger partial charge in [0.25, 0.3) is 5.56 Å². The first-order valence-electron chi connectivity index (χ1n) is 10.0. The summed E-state index contributed by atoms with van der Waals surface area (Å²) in [6, 6.07) is 8.46. The number of aromatic nitrogens is 4. The maximum absolute atomic E-state index is 15.0. The number of ether oxygens (including phenoxy) is 2. The fourth-order valence-corrected chi connectivity index (χ4v) is 3.64. The molecule has 0 saturated carbocycles. The number of imidazole rings is 1. The van der Waals surface area contributed by atoms with Gasteiger partial charge in [-0.05, 0) is 42.0 Å². The Labute approximate surface area is 186 Å². The van der Waals surface area contributed by atoms with Crippen molar-refractivity contribution >= 4 is 17.0 Å². The minimum atomic E-state index is -0.804. The summed E-state index contributed by atoms with van der Waals surface area (Å²) in [4.78, 5) is 28.4. The fourth-order valence-electron chi connectivity index (χ4n) is 3.64. The van der Waals surface area contributed by atoms with Gasteiger partial charge in [-0.3, -0.25) is 4.79 Å². The normalized spacial score (nSPS) is 11.2. The van der Waals surface area contributed by atoms with Gasteiger partial charge in [-0.2, -0.15) is 5.10 Å². The van der Waals surface area contributed by atoms with Gasteiger partial charge < -0.3 is 14.0 Å². The van der Waals surface area contributed by atoms with Crippen LogP contribution in [-0.4, -0.2) is 46.5 Å². The van der Waals surface area contributed by atoms with Crippen molar-refractivity contribution in [3.8, 4) is 11.1 Å². The molecule has 0 aliphatic carbocycles. The summed E-state index contributed by atoms with van der Waals surface area (Å²) < 4.78 is 41.7. The van der Waals surface area contributed by atoms with Crippen molar-refractivity contribution in [3.05, 3.63) is 81.5 Å². The van der Waals surface area contributed by atoms with Gasteiger partial charge >= 0.3 is 5.97 Å². The van der Waals surface area contributed by atoms with Gasteiger partial charge in [0, 0.05) is 31.8 Å². The molecular weight excluding hydrogens is 434 g/mol. The van der Waals surface area contributed by atoms with Gasteiger partial charge in [0.15, 0.2) is 0 Å². The van der Waals surface area contributed by atoms with E-state index in [0.717, 1.165) is 12.1 Å². The Morgan fingerprint density at radius 3 is 2.55 bits per heavy atom. The number of esters is 1. The minimum absolute atomic E-state index is 0.105. The monoisotopic (exact) mass is 454 g/mol. The molecule has 10 heteroatoms. The summed E-state index contributed by atoms with van der Waals surface area (Å²) in [5.74, 6) is -1.71. The Morgan fingerprint density at radius 2 is 1.88 bits per heavy atom. The summed E-state index contributed by atoms with van der Waals surface area (Å²) in [7, 11) is 2.83. The van der Waals surface area contributed by atoms with Gasteiger partial charge in [-0.1, -0.05) is 0 Å². The van der Waals surface area contributed by atoms with Crippen molar-refractivity contribution in [2.45, 2.75) is 13.0 Å². The number of hydrogen-bond acceptors (Lipinski definition) is 6. The number of fused-ring (bicyclic) bond motifs is 1. The van der Waals surface area contributed by atoms with E-state index in [4.69, 9.17) is 9.47 Å². The number of halogens is 2. The summed E-state index contributed by atoms with van der Waals surface area (Å²) in [6.07, 6.45) is 1.19. The topological polar surface area (TPSA) is 99.1 Å². The Balaban J connectivity index is 1.77. The lowest BCUT2D eigenvalue weighted by Gasteiger charge is -2.11. The average Bonchev–Trinajstić information content (AvgIpc) is 3.15. The number of carbonyl (C=O) groups is 1. The lowest BCUT2D eigenvalue weighted by molar-refractivity contribution is 0.0601. The number of H-pyrrole nitrogens is 1. The number of methoxy groups -OCH3 is 2. The average molecular weight is 454 g/mol. The second-order valence-electron chi connectivity index (χ2n) is 7.26. The molecule has 2 aromatic carbocycles. The van der Waals surface area contributed by atoms with Crippen LogP contribution in [0.15, 0.2) is 47.4 Å². The number of nitrogens with zero attached hydrogens (tertiary/aromatic N) is 3. The Bertz CT molecular complexity index is 1370. The van der Waals surface area contributed by atoms with Crippen LogP contribution in [0.1, 0.15) is 21.7 Å². The van der Waals surface area contributed by atoms with E-state index in [2.05, 4.69) is 15.2 Å². The Kier molecular flexibility index (Phi) is 6.27. The number of hydrogen-bond donors (Lipinski definition) is 1. The predicted molar refractivity (Wildman–Crippen MR) is 116 cm³/mol. The first kappa shape index (κ1) is 22.3. The van der Waals surface area contributed by atoms with Crippen LogP contribution >= 0.6 is 0 Å². The highest BCUT2D eigenvalue weighted by molar-refractivity contribution is 5.93. The van der Waals surface area contributed by atoms with Gasteiger partial charge in [0.05, 0.1) is 35.9 Å². The molecule has 33 heavy (non-hydrogen) atoms. The molecule has 4 aromatic rings. The lowest BCUT2D eigenvalue weighted by atomic mass is 10.0. The lowest BCUT2D eigenvalue weighted by Crippen LogP contribution is -2.12. The number of nitrogens with one attached hydrogen (secondary N) is 1. The summed E-state index contributed by atoms with van der Waals surface area (Å²) in [6.45, 7) is 0.691. The third-order valence-electron chi connectivity index (χ3n) is 5.28. The molecule has 0 radical (unpaired) electrons. The van der Waals surface area contributed by atoms with Crippen LogP contribution in [0.25, 0.3) is 22.2 Å². The van der Waals surface area contributed by atoms with Crippen molar-refractivity contribution in [1.29, 1.82) is 0 Å². The molecule has 0 aliphatic rings. The van der Waals surface area contributed by atoms with Crippen LogP contribution in [0.3, 0.4) is 0 Å². The number of rotatable bonds is 7. The molecule has 0 bridgehead atoms. The SMILES string of the molecule is COCCn1c(Cc2c(F)cc(-c3ccn[nH]c3=O)cc2F)nc2ccc(C(=O)OC)cc21. The van der Waals surface area contributed by atoms with E-state index in [1.54, 1.807) is 22.8 Å². The van der Waals surface area contributed by atoms with Crippen molar-refractivity contribution in [1.82, 2.24) is 19.7 Å². The molecule has 170 valence electrons. The van der Waals surface area contributed by atoms with E-state index in [9.17, 15) is 18.4 Å². The molecule has 4 rings (SSSR count). The summed E-state index contributed by atoms with van der Waals surface area (Å²) in [5, 5.41) is 5.83. The first-order chi connectivity index (χ1) is 15.9. The largest absolute Gasteiger partial charge is 0.465 e. The number of carbonyl (C=O) groups excluding carboxylic acids is 1. The standard InChI is InChI=1S/C23H20F2N4O4/c1-32-8-7-29-20-11-13(23(31)33-2)3-4-19(20)27-21(29)12-16-17(24)9-14(10-18(16)25)15-5-6-26-28-22(15)30/h3-6,9-11H,7-8,12H2,1-2H3,(H,28,30). The van der Waals surface area contributed by atoms with E-state index in [1.807, 2.05) is 0 Å². The van der Waals surface area contributed by atoms with Crippen LogP contribution in [-0.2, 0) is 22.4 Å². The summed E-state index contributed by atoms with van der Waals surface area (Å²) >= 11 is 0. The number of aromatic amines is 1. The quantitative estimate of drug-likeness (QED) is 0.431. The van der Waals surface area contributed by atoms with Gasteiger partial charge in [0.2, 0.25) is 0 Å². The molecule has 8 nitrogen and oxygen atoms in total. The van der Waals surface area contributed by atoms with Crippen LogP contribution in [0.4, 0.5) is 8.78 Å². The maximum atomic E-state index is 15.0. The summed E-state index contributed by atoms with van der Waals surface area (Å²) in [5.41, 5.74) is 0.989. The minimum Gasteiger partial charge on any atom is -0.465 e. The molecule has 0 atom stereocenters. The smallest absolute Gasteiger partial charge is 0.337 e. The fraction of sp³-hybridized carbons (Fsp3) is 0.217. The molecule has 2 heterocycles. The highest BCUT2D eigenvalue weighted by Gasteiger charge is 2.19. The molecule has 2 aromatic heterocycles. The van der Waals surface area contributed by atoms with E-state index in [1.165, 1.54) is 26.5 Å². The van der Waals surface area contributed by atoms with E-state index >= 15 is 0 Å². The zero-order valence-electron chi connectivity index (χ0n) is 17.9. The highest BCUT2D eigenvalue weighted by atomic mass is 19.1. The second-order valence-corrected chi connectivity index (χ2v) is 7.26. The number of benzene rings is 2. The van der Waals surface area contributed by atoms with Crippen LogP contribution in [0.2, 0.25) is 0 Å². The Morgan fingerprint density at radius 1 is 1.12 bits per heavy atom. The third kappa shape index (κ3) is 4.37. The molecule has 0 amide bonds. The maximum Gasteiger partial charge on any atom is 0.337 e. The van der Waals surface area contributed by atoms with Crippen LogP contribution < -0.4 is 5.56 Å². The molecule has 0 aliphatic heterocycles. The Hall–Kier alpha value is -3.92. The van der Waals surface area contributed by atoms with Crippen LogP contribution in [0.5, 0.6) is 0 Å². The van der Waals surface area contributed by atoms with E-state index in [0.29, 0.717) is 35.6 Å². The molecule has 1 N–H and O–H groups in total. The van der Waals surface area contributed by atoms with Crippen molar-refractivity contribution in [3.63, 3.8) is 0 Å². The van der Waals surface area contributed by atoms with E-state index < -0.39 is 23.2 Å². The van der Waals surface area contributed by atoms with Gasteiger partial charge in [0.1, 0.15) is 17.5 Å². The molecular formula is C23H20F2N4O4. The zero-order chi connectivity index (χ0) is 23.5. The van der Waals surface area contributed by atoms with Crippen LogP contribution in [0, 0.1) is 11.6 Å². The molecule has 0 spiro atoms. The molecule has 0 saturated heterocycles. The van der Waals surface area contributed by atoms with E-state index in [-0.39, 0.29) is 23.1 Å². The third-order valence-corrected chi connectivity index (χ3v) is 5.28. The first-order valence-corrected chi connectivity index (χ1v) is 10.0. The molecule has 0 fully saturated rings. The van der Waals surface area contributed by atoms with Crippen molar-refractivity contribution in [2.24, 2.45) is 0 Å². The second kappa shape index (κ2) is 9.29. The highest BCUT2D eigenvalue weighted by Crippen LogP contribution is 2.26. The van der Waals surface area contributed by atoms with Gasteiger partial charge in [-0.15, -0.1) is 0 Å². The predicted octanol–water partition coefficient (Wildman–Crippen LogP) is 3.09. The van der Waals surface area contributed by atoms with Crippen molar-refractivity contribution < 1.29 is 23.0 Å². The molecule has 0 unspecified atom stereocenters. The van der Waals surface area contributed by atoms with Crippen molar-refractivity contribution in [2.75, 3.05) is 20.8 Å².